The summed E-state index contributed by atoms with van der Waals surface area (Å²) < 4.78 is 5.90. The number of hydrogen-bond donors (Lipinski definition) is 1. The van der Waals surface area contributed by atoms with Crippen molar-refractivity contribution in [3.63, 3.8) is 0 Å². The van der Waals surface area contributed by atoms with Gasteiger partial charge in [-0.2, -0.15) is 0 Å². The maximum absolute atomic E-state index is 10.7. The fourth-order valence-electron chi connectivity index (χ4n) is 2.45. The van der Waals surface area contributed by atoms with E-state index in [2.05, 4.69) is 18.7 Å². The summed E-state index contributed by atoms with van der Waals surface area (Å²) >= 11 is 5.98. The van der Waals surface area contributed by atoms with Crippen molar-refractivity contribution in [1.82, 2.24) is 4.90 Å². The van der Waals surface area contributed by atoms with E-state index in [4.69, 9.17) is 21.4 Å². The van der Waals surface area contributed by atoms with Gasteiger partial charge in [0, 0.05) is 30.6 Å². The third kappa shape index (κ3) is 3.87. The molecule has 1 heterocycles. The number of carboxylic acids is 1. The van der Waals surface area contributed by atoms with Crippen LogP contribution in [0.5, 0.6) is 5.75 Å². The van der Waals surface area contributed by atoms with Crippen LogP contribution in [0.4, 0.5) is 0 Å². The van der Waals surface area contributed by atoms with Gasteiger partial charge < -0.3 is 9.84 Å². The SMILES string of the molecule is CC(C)N(CCC(=O)O)CC1Cc2cc(Cl)ccc2O1. The number of ether oxygens (including phenoxy) is 1. The summed E-state index contributed by atoms with van der Waals surface area (Å²) in [6.07, 6.45) is 1.05. The number of carbonyl (C=O) groups is 1. The minimum atomic E-state index is -0.766. The lowest BCUT2D eigenvalue weighted by Crippen LogP contribution is -2.40. The van der Waals surface area contributed by atoms with Crippen LogP contribution in [0.1, 0.15) is 25.8 Å². The molecule has 1 aliphatic heterocycles. The molecular formula is C15H20ClNO3. The fraction of sp³-hybridized carbons (Fsp3) is 0.533. The van der Waals surface area contributed by atoms with E-state index in [9.17, 15) is 4.79 Å². The number of hydrogen-bond acceptors (Lipinski definition) is 3. The number of fused-ring (bicyclic) bond motifs is 1. The highest BCUT2D eigenvalue weighted by molar-refractivity contribution is 6.30. The maximum Gasteiger partial charge on any atom is 0.304 e. The van der Waals surface area contributed by atoms with Crippen LogP contribution in [0.15, 0.2) is 18.2 Å². The minimum absolute atomic E-state index is 0.0691. The average molecular weight is 298 g/mol. The second-order valence-electron chi connectivity index (χ2n) is 5.43. The summed E-state index contributed by atoms with van der Waals surface area (Å²) in [5.41, 5.74) is 1.13. The van der Waals surface area contributed by atoms with E-state index in [0.717, 1.165) is 29.3 Å². The zero-order valence-corrected chi connectivity index (χ0v) is 12.6. The van der Waals surface area contributed by atoms with Gasteiger partial charge in [0.25, 0.3) is 0 Å². The molecule has 0 saturated heterocycles. The Hall–Kier alpha value is -1.26. The molecule has 5 heteroatoms. The lowest BCUT2D eigenvalue weighted by Gasteiger charge is -2.28. The van der Waals surface area contributed by atoms with E-state index in [1.807, 2.05) is 18.2 Å². The molecule has 1 unspecified atom stereocenters. The van der Waals surface area contributed by atoms with Gasteiger partial charge in [-0.15, -0.1) is 0 Å². The van der Waals surface area contributed by atoms with Crippen LogP contribution in [0.2, 0.25) is 5.02 Å². The summed E-state index contributed by atoms with van der Waals surface area (Å²) in [6, 6.07) is 5.96. The molecule has 0 amide bonds. The van der Waals surface area contributed by atoms with Crippen molar-refractivity contribution in [1.29, 1.82) is 0 Å². The van der Waals surface area contributed by atoms with Gasteiger partial charge >= 0.3 is 5.97 Å². The average Bonchev–Trinajstić information content (AvgIpc) is 2.75. The van der Waals surface area contributed by atoms with Crippen molar-refractivity contribution in [2.75, 3.05) is 13.1 Å². The summed E-state index contributed by atoms with van der Waals surface area (Å²) in [5, 5.41) is 9.53. The molecule has 0 spiro atoms. The monoisotopic (exact) mass is 297 g/mol. The Bertz CT molecular complexity index is 490. The van der Waals surface area contributed by atoms with Gasteiger partial charge in [0.05, 0.1) is 6.42 Å². The predicted octanol–water partition coefficient (Wildman–Crippen LogP) is 2.83. The topological polar surface area (TPSA) is 49.8 Å². The normalized spacial score (nSPS) is 17.4. The highest BCUT2D eigenvalue weighted by Gasteiger charge is 2.26. The fourth-order valence-corrected chi connectivity index (χ4v) is 2.65. The molecule has 1 aliphatic rings. The van der Waals surface area contributed by atoms with Crippen molar-refractivity contribution < 1.29 is 14.6 Å². The summed E-state index contributed by atoms with van der Waals surface area (Å²) in [5.74, 6) is 0.124. The van der Waals surface area contributed by atoms with Crippen LogP contribution >= 0.6 is 11.6 Å². The van der Waals surface area contributed by atoms with Gasteiger partial charge in [-0.25, -0.2) is 0 Å². The molecule has 0 radical (unpaired) electrons. The molecule has 0 fully saturated rings. The Kier molecular flexibility index (Phi) is 4.89. The first-order chi connectivity index (χ1) is 9.45. The third-order valence-corrected chi connectivity index (χ3v) is 3.78. The molecule has 0 saturated carbocycles. The lowest BCUT2D eigenvalue weighted by atomic mass is 10.1. The van der Waals surface area contributed by atoms with Crippen LogP contribution in [0.25, 0.3) is 0 Å². The van der Waals surface area contributed by atoms with Crippen molar-refractivity contribution in [2.24, 2.45) is 0 Å². The minimum Gasteiger partial charge on any atom is -0.488 e. The lowest BCUT2D eigenvalue weighted by molar-refractivity contribution is -0.137. The molecule has 1 aromatic rings. The number of benzene rings is 1. The van der Waals surface area contributed by atoms with Gasteiger partial charge in [0.2, 0.25) is 0 Å². The van der Waals surface area contributed by atoms with Crippen molar-refractivity contribution in [3.05, 3.63) is 28.8 Å². The molecule has 4 nitrogen and oxygen atoms in total. The van der Waals surface area contributed by atoms with E-state index in [0.29, 0.717) is 12.6 Å². The molecular weight excluding hydrogens is 278 g/mol. The highest BCUT2D eigenvalue weighted by Crippen LogP contribution is 2.31. The first-order valence-corrected chi connectivity index (χ1v) is 7.24. The molecule has 20 heavy (non-hydrogen) atoms. The number of halogens is 1. The molecule has 0 aromatic heterocycles. The largest absolute Gasteiger partial charge is 0.488 e. The van der Waals surface area contributed by atoms with Crippen molar-refractivity contribution in [2.45, 2.75) is 38.8 Å². The number of rotatable bonds is 6. The Morgan fingerprint density at radius 1 is 1.55 bits per heavy atom. The smallest absolute Gasteiger partial charge is 0.304 e. The van der Waals surface area contributed by atoms with E-state index in [1.165, 1.54) is 0 Å². The third-order valence-electron chi connectivity index (χ3n) is 3.55. The van der Waals surface area contributed by atoms with E-state index in [-0.39, 0.29) is 12.5 Å². The second kappa shape index (κ2) is 6.46. The van der Waals surface area contributed by atoms with Gasteiger partial charge in [0.15, 0.2) is 0 Å². The molecule has 1 N–H and O–H groups in total. The zero-order chi connectivity index (χ0) is 14.7. The molecule has 1 aromatic carbocycles. The van der Waals surface area contributed by atoms with Crippen molar-refractivity contribution in [3.8, 4) is 5.75 Å². The molecule has 2 rings (SSSR count). The number of aliphatic carboxylic acids is 1. The van der Waals surface area contributed by atoms with E-state index >= 15 is 0 Å². The molecule has 0 bridgehead atoms. The Morgan fingerprint density at radius 2 is 2.30 bits per heavy atom. The maximum atomic E-state index is 10.7. The molecule has 0 aliphatic carbocycles. The summed E-state index contributed by atoms with van der Waals surface area (Å²) in [6.45, 7) is 5.42. The van der Waals surface area contributed by atoms with Crippen LogP contribution < -0.4 is 4.74 Å². The second-order valence-corrected chi connectivity index (χ2v) is 5.86. The Morgan fingerprint density at radius 3 is 2.95 bits per heavy atom. The van der Waals surface area contributed by atoms with Gasteiger partial charge in [-0.3, -0.25) is 9.69 Å². The van der Waals surface area contributed by atoms with E-state index in [1.54, 1.807) is 0 Å². The quantitative estimate of drug-likeness (QED) is 0.877. The Labute approximate surface area is 124 Å². The van der Waals surface area contributed by atoms with Crippen LogP contribution in [0, 0.1) is 0 Å². The predicted molar refractivity (Wildman–Crippen MR) is 78.5 cm³/mol. The first-order valence-electron chi connectivity index (χ1n) is 6.86. The van der Waals surface area contributed by atoms with Crippen LogP contribution in [0.3, 0.4) is 0 Å². The summed E-state index contributed by atoms with van der Waals surface area (Å²) in [4.78, 5) is 12.9. The molecule has 110 valence electrons. The van der Waals surface area contributed by atoms with Crippen LogP contribution in [-0.2, 0) is 11.2 Å². The van der Waals surface area contributed by atoms with Gasteiger partial charge in [-0.05, 0) is 37.6 Å². The zero-order valence-electron chi connectivity index (χ0n) is 11.8. The number of carboxylic acid groups (broad SMARTS) is 1. The summed E-state index contributed by atoms with van der Waals surface area (Å²) in [7, 11) is 0. The molecule has 1 atom stereocenters. The van der Waals surface area contributed by atoms with Gasteiger partial charge in [0.1, 0.15) is 11.9 Å². The van der Waals surface area contributed by atoms with Gasteiger partial charge in [-0.1, -0.05) is 11.6 Å². The highest BCUT2D eigenvalue weighted by atomic mass is 35.5. The van der Waals surface area contributed by atoms with Crippen molar-refractivity contribution >= 4 is 17.6 Å². The standard InChI is InChI=1S/C15H20ClNO3/c1-10(2)17(6-5-15(18)19)9-13-8-11-7-12(16)3-4-14(11)20-13/h3-4,7,10,13H,5-6,8-9H2,1-2H3,(H,18,19). The Balaban J connectivity index is 1.94. The number of nitrogens with zero attached hydrogens (tertiary/aromatic N) is 1. The van der Waals surface area contributed by atoms with E-state index < -0.39 is 5.97 Å². The first kappa shape index (κ1) is 15.1. The van der Waals surface area contributed by atoms with Crippen LogP contribution in [-0.4, -0.2) is 41.2 Å².